The number of carbonyl (C=O) groups is 1. The maximum atomic E-state index is 11.8. The van der Waals surface area contributed by atoms with Gasteiger partial charge in [0.2, 0.25) is 5.91 Å². The van der Waals surface area contributed by atoms with Crippen molar-refractivity contribution in [2.75, 3.05) is 6.54 Å². The van der Waals surface area contributed by atoms with Crippen molar-refractivity contribution in [3.8, 4) is 11.3 Å². The Balaban J connectivity index is 1.47. The lowest BCUT2D eigenvalue weighted by molar-refractivity contribution is -0.116. The standard InChI is InChI=1S/C19H18N4O/c24-19(7-6-16-4-2-1-3-5-16)21-13-15-23-14-10-18(22-23)17-8-11-20-12-9-17/h1-12,14H,13,15H2,(H,21,24)/b7-6+. The van der Waals surface area contributed by atoms with Crippen molar-refractivity contribution in [3.63, 3.8) is 0 Å². The Hall–Kier alpha value is -3.21. The van der Waals surface area contributed by atoms with Gasteiger partial charge in [0, 0.05) is 36.8 Å². The number of hydrogen-bond acceptors (Lipinski definition) is 3. The van der Waals surface area contributed by atoms with Gasteiger partial charge in [0.25, 0.3) is 0 Å². The molecule has 0 saturated carbocycles. The summed E-state index contributed by atoms with van der Waals surface area (Å²) < 4.78 is 1.82. The van der Waals surface area contributed by atoms with Gasteiger partial charge in [-0.25, -0.2) is 0 Å². The van der Waals surface area contributed by atoms with Crippen molar-refractivity contribution in [3.05, 3.63) is 78.8 Å². The molecule has 2 aromatic heterocycles. The molecule has 5 nitrogen and oxygen atoms in total. The number of aromatic nitrogens is 3. The molecule has 0 saturated heterocycles. The predicted octanol–water partition coefficient (Wildman–Crippen LogP) is 2.77. The number of hydrogen-bond donors (Lipinski definition) is 1. The Morgan fingerprint density at radius 3 is 2.67 bits per heavy atom. The topological polar surface area (TPSA) is 59.8 Å². The van der Waals surface area contributed by atoms with Crippen molar-refractivity contribution in [1.29, 1.82) is 0 Å². The van der Waals surface area contributed by atoms with Crippen LogP contribution in [-0.4, -0.2) is 27.2 Å². The summed E-state index contributed by atoms with van der Waals surface area (Å²) in [5, 5.41) is 7.34. The summed E-state index contributed by atoms with van der Waals surface area (Å²) in [4.78, 5) is 15.8. The first-order valence-corrected chi connectivity index (χ1v) is 7.76. The van der Waals surface area contributed by atoms with Crippen LogP contribution in [0.15, 0.2) is 73.2 Å². The van der Waals surface area contributed by atoms with Crippen LogP contribution in [0.5, 0.6) is 0 Å². The van der Waals surface area contributed by atoms with Crippen molar-refractivity contribution in [1.82, 2.24) is 20.1 Å². The molecule has 3 rings (SSSR count). The molecule has 0 atom stereocenters. The van der Waals surface area contributed by atoms with E-state index >= 15 is 0 Å². The van der Waals surface area contributed by atoms with Gasteiger partial charge in [-0.2, -0.15) is 5.10 Å². The molecule has 1 aromatic carbocycles. The van der Waals surface area contributed by atoms with Crippen molar-refractivity contribution in [2.24, 2.45) is 0 Å². The largest absolute Gasteiger partial charge is 0.351 e. The normalized spacial score (nSPS) is 10.8. The minimum Gasteiger partial charge on any atom is -0.351 e. The molecule has 0 spiro atoms. The zero-order valence-corrected chi connectivity index (χ0v) is 13.2. The minimum absolute atomic E-state index is 0.111. The third-order valence-corrected chi connectivity index (χ3v) is 3.48. The number of nitrogens with one attached hydrogen (secondary N) is 1. The van der Waals surface area contributed by atoms with Gasteiger partial charge in [0.15, 0.2) is 0 Å². The van der Waals surface area contributed by atoms with E-state index in [-0.39, 0.29) is 5.91 Å². The fraction of sp³-hybridized carbons (Fsp3) is 0.105. The molecule has 3 aromatic rings. The zero-order valence-electron chi connectivity index (χ0n) is 13.2. The third-order valence-electron chi connectivity index (χ3n) is 3.48. The molecule has 0 aliphatic heterocycles. The van der Waals surface area contributed by atoms with Crippen LogP contribution in [0.4, 0.5) is 0 Å². The second kappa shape index (κ2) is 7.87. The quantitative estimate of drug-likeness (QED) is 0.711. The predicted molar refractivity (Wildman–Crippen MR) is 93.9 cm³/mol. The molecule has 0 radical (unpaired) electrons. The highest BCUT2D eigenvalue weighted by atomic mass is 16.1. The monoisotopic (exact) mass is 318 g/mol. The first-order valence-electron chi connectivity index (χ1n) is 7.76. The minimum atomic E-state index is -0.111. The van der Waals surface area contributed by atoms with E-state index in [1.54, 1.807) is 24.5 Å². The lowest BCUT2D eigenvalue weighted by Gasteiger charge is -2.03. The number of rotatable bonds is 6. The molecule has 120 valence electrons. The highest BCUT2D eigenvalue weighted by Gasteiger charge is 2.02. The summed E-state index contributed by atoms with van der Waals surface area (Å²) >= 11 is 0. The maximum absolute atomic E-state index is 11.8. The van der Waals surface area contributed by atoms with E-state index in [4.69, 9.17) is 0 Å². The molecule has 2 heterocycles. The molecule has 1 amide bonds. The Bertz CT molecular complexity index is 810. The third kappa shape index (κ3) is 4.39. The average Bonchev–Trinajstić information content (AvgIpc) is 3.11. The van der Waals surface area contributed by atoms with Gasteiger partial charge in [0.1, 0.15) is 0 Å². The summed E-state index contributed by atoms with van der Waals surface area (Å²) in [6.45, 7) is 1.14. The molecule has 0 unspecified atom stereocenters. The van der Waals surface area contributed by atoms with Crippen LogP contribution in [0.3, 0.4) is 0 Å². The van der Waals surface area contributed by atoms with Gasteiger partial charge in [-0.15, -0.1) is 0 Å². The van der Waals surface area contributed by atoms with Crippen LogP contribution in [0.1, 0.15) is 5.56 Å². The molecule has 24 heavy (non-hydrogen) atoms. The zero-order chi connectivity index (χ0) is 16.6. The van der Waals surface area contributed by atoms with Crippen molar-refractivity contribution in [2.45, 2.75) is 6.54 Å². The fourth-order valence-corrected chi connectivity index (χ4v) is 2.25. The molecule has 0 fully saturated rings. The lowest BCUT2D eigenvalue weighted by Crippen LogP contribution is -2.25. The summed E-state index contributed by atoms with van der Waals surface area (Å²) in [6.07, 6.45) is 8.73. The Kier molecular flexibility index (Phi) is 5.14. The van der Waals surface area contributed by atoms with E-state index in [0.29, 0.717) is 13.1 Å². The van der Waals surface area contributed by atoms with Crippen LogP contribution in [-0.2, 0) is 11.3 Å². The van der Waals surface area contributed by atoms with Gasteiger partial charge < -0.3 is 5.32 Å². The molecule has 5 heteroatoms. The number of amides is 1. The molecule has 0 aliphatic rings. The SMILES string of the molecule is O=C(/C=C/c1ccccc1)NCCn1ccc(-c2ccncc2)n1. The van der Waals surface area contributed by atoms with Crippen LogP contribution in [0.25, 0.3) is 17.3 Å². The number of benzene rings is 1. The first kappa shape index (κ1) is 15.7. The molecule has 1 N–H and O–H groups in total. The van der Waals surface area contributed by atoms with E-state index < -0.39 is 0 Å². The van der Waals surface area contributed by atoms with Gasteiger partial charge in [-0.3, -0.25) is 14.5 Å². The van der Waals surface area contributed by atoms with Crippen molar-refractivity contribution < 1.29 is 4.79 Å². The van der Waals surface area contributed by atoms with Crippen LogP contribution >= 0.6 is 0 Å². The molecular weight excluding hydrogens is 300 g/mol. The molecule has 0 aliphatic carbocycles. The van der Waals surface area contributed by atoms with E-state index in [2.05, 4.69) is 15.4 Å². The summed E-state index contributed by atoms with van der Waals surface area (Å²) in [6, 6.07) is 15.5. The summed E-state index contributed by atoms with van der Waals surface area (Å²) in [5.74, 6) is -0.111. The van der Waals surface area contributed by atoms with Crippen LogP contribution in [0, 0.1) is 0 Å². The number of carbonyl (C=O) groups excluding carboxylic acids is 1. The second-order valence-corrected chi connectivity index (χ2v) is 5.23. The Morgan fingerprint density at radius 2 is 1.88 bits per heavy atom. The number of nitrogens with zero attached hydrogens (tertiary/aromatic N) is 3. The lowest BCUT2D eigenvalue weighted by atomic mass is 10.2. The van der Waals surface area contributed by atoms with E-state index in [1.165, 1.54) is 0 Å². The van der Waals surface area contributed by atoms with Gasteiger partial charge in [0.05, 0.1) is 12.2 Å². The molecular formula is C19H18N4O. The molecule has 0 bridgehead atoms. The van der Waals surface area contributed by atoms with Gasteiger partial charge in [-0.05, 0) is 29.8 Å². The first-order chi connectivity index (χ1) is 11.8. The van der Waals surface area contributed by atoms with E-state index in [0.717, 1.165) is 16.8 Å². The highest BCUT2D eigenvalue weighted by molar-refractivity contribution is 5.91. The Labute approximate surface area is 140 Å². The average molecular weight is 318 g/mol. The van der Waals surface area contributed by atoms with E-state index in [1.807, 2.05) is 59.4 Å². The highest BCUT2D eigenvalue weighted by Crippen LogP contribution is 2.14. The fourth-order valence-electron chi connectivity index (χ4n) is 2.25. The number of pyridine rings is 1. The Morgan fingerprint density at radius 1 is 1.08 bits per heavy atom. The second-order valence-electron chi connectivity index (χ2n) is 5.23. The summed E-state index contributed by atoms with van der Waals surface area (Å²) in [5.41, 5.74) is 2.92. The van der Waals surface area contributed by atoms with Crippen molar-refractivity contribution >= 4 is 12.0 Å². The van der Waals surface area contributed by atoms with Gasteiger partial charge >= 0.3 is 0 Å². The van der Waals surface area contributed by atoms with Crippen LogP contribution < -0.4 is 5.32 Å². The summed E-state index contributed by atoms with van der Waals surface area (Å²) in [7, 11) is 0. The van der Waals surface area contributed by atoms with E-state index in [9.17, 15) is 4.79 Å². The maximum Gasteiger partial charge on any atom is 0.244 e. The smallest absolute Gasteiger partial charge is 0.244 e. The van der Waals surface area contributed by atoms with Gasteiger partial charge in [-0.1, -0.05) is 30.3 Å². The van der Waals surface area contributed by atoms with Crippen LogP contribution in [0.2, 0.25) is 0 Å².